The van der Waals surface area contributed by atoms with E-state index in [2.05, 4.69) is 10.3 Å². The van der Waals surface area contributed by atoms with Gasteiger partial charge in [-0.05, 0) is 18.4 Å². The van der Waals surface area contributed by atoms with E-state index in [0.717, 1.165) is 0 Å². The zero-order valence-electron chi connectivity index (χ0n) is 10.1. The predicted molar refractivity (Wildman–Crippen MR) is 72.8 cm³/mol. The Balaban J connectivity index is 1.97. The van der Waals surface area contributed by atoms with Crippen LogP contribution < -0.4 is 11.1 Å². The number of hydrogen-bond donors (Lipinski definition) is 2. The van der Waals surface area contributed by atoms with Crippen LogP contribution >= 0.6 is 11.6 Å². The van der Waals surface area contributed by atoms with Crippen LogP contribution in [0.25, 0.3) is 0 Å². The van der Waals surface area contributed by atoms with Gasteiger partial charge in [0.05, 0.1) is 29.0 Å². The second-order valence-electron chi connectivity index (χ2n) is 4.57. The molecular formula is C11H14ClN3O3S. The summed E-state index contributed by atoms with van der Waals surface area (Å²) in [5.74, 6) is -0.0880. The second kappa shape index (κ2) is 5.34. The molecule has 0 aromatic carbocycles. The van der Waals surface area contributed by atoms with Gasteiger partial charge in [-0.1, -0.05) is 11.6 Å². The molecule has 0 spiro atoms. The van der Waals surface area contributed by atoms with Gasteiger partial charge in [-0.25, -0.2) is 13.4 Å². The minimum absolute atomic E-state index is 0.0347. The summed E-state index contributed by atoms with van der Waals surface area (Å²) in [4.78, 5) is 15.7. The van der Waals surface area contributed by atoms with Crippen molar-refractivity contribution in [1.82, 2.24) is 10.3 Å². The summed E-state index contributed by atoms with van der Waals surface area (Å²) in [6, 6.07) is 1.39. The van der Waals surface area contributed by atoms with E-state index < -0.39 is 9.84 Å². The van der Waals surface area contributed by atoms with E-state index in [9.17, 15) is 13.2 Å². The number of amides is 1. The molecular weight excluding hydrogens is 290 g/mol. The minimum Gasteiger partial charge on any atom is -0.397 e. The van der Waals surface area contributed by atoms with E-state index in [-0.39, 0.29) is 39.7 Å². The third-order valence-electron chi connectivity index (χ3n) is 3.02. The summed E-state index contributed by atoms with van der Waals surface area (Å²) in [5, 5.41) is 2.86. The van der Waals surface area contributed by atoms with Crippen LogP contribution in [0.5, 0.6) is 0 Å². The number of rotatable bonds is 3. The molecule has 1 unspecified atom stereocenters. The summed E-state index contributed by atoms with van der Waals surface area (Å²) in [6.45, 7) is 0.317. The molecule has 1 amide bonds. The number of anilines is 1. The molecule has 1 fully saturated rings. The van der Waals surface area contributed by atoms with Gasteiger partial charge in [0, 0.05) is 6.54 Å². The first-order chi connectivity index (χ1) is 8.87. The standard InChI is InChI=1S/C11H14ClN3O3S/c12-10-3-8(9(13)5-14-10)11(16)15-4-7-1-2-19(17,18)6-7/h3,5,7H,1-2,4,6,13H2,(H,15,16). The van der Waals surface area contributed by atoms with E-state index in [1.165, 1.54) is 12.3 Å². The first-order valence-electron chi connectivity index (χ1n) is 5.77. The van der Waals surface area contributed by atoms with Gasteiger partial charge in [-0.2, -0.15) is 0 Å². The first kappa shape index (κ1) is 14.1. The molecule has 0 bridgehead atoms. The number of sulfone groups is 1. The van der Waals surface area contributed by atoms with Crippen molar-refractivity contribution in [3.05, 3.63) is 23.0 Å². The third kappa shape index (κ3) is 3.57. The third-order valence-corrected chi connectivity index (χ3v) is 5.07. The summed E-state index contributed by atoms with van der Waals surface area (Å²) in [6.07, 6.45) is 1.90. The molecule has 1 atom stereocenters. The van der Waals surface area contributed by atoms with Crippen LogP contribution in [0.4, 0.5) is 5.69 Å². The lowest BCUT2D eigenvalue weighted by atomic mass is 10.1. The van der Waals surface area contributed by atoms with Gasteiger partial charge in [0.15, 0.2) is 9.84 Å². The Morgan fingerprint density at radius 1 is 1.58 bits per heavy atom. The van der Waals surface area contributed by atoms with Gasteiger partial charge in [0.25, 0.3) is 5.91 Å². The molecule has 3 N–H and O–H groups in total. The van der Waals surface area contributed by atoms with Crippen LogP contribution in [0.1, 0.15) is 16.8 Å². The van der Waals surface area contributed by atoms with Crippen molar-refractivity contribution in [2.75, 3.05) is 23.8 Å². The summed E-state index contributed by atoms with van der Waals surface area (Å²) < 4.78 is 22.6. The highest BCUT2D eigenvalue weighted by Gasteiger charge is 2.28. The molecule has 1 aromatic rings. The van der Waals surface area contributed by atoms with Crippen LogP contribution in [0.3, 0.4) is 0 Å². The fourth-order valence-electron chi connectivity index (χ4n) is 2.00. The van der Waals surface area contributed by atoms with E-state index in [1.54, 1.807) is 0 Å². The van der Waals surface area contributed by atoms with Gasteiger partial charge in [-0.3, -0.25) is 4.79 Å². The Labute approximate surface area is 116 Å². The topological polar surface area (TPSA) is 102 Å². The molecule has 2 heterocycles. The van der Waals surface area contributed by atoms with Crippen LogP contribution in [0, 0.1) is 5.92 Å². The van der Waals surface area contributed by atoms with Gasteiger partial charge >= 0.3 is 0 Å². The predicted octanol–water partition coefficient (Wildman–Crippen LogP) is 0.482. The number of carbonyl (C=O) groups excluding carboxylic acids is 1. The number of nitrogen functional groups attached to an aromatic ring is 1. The number of nitrogens with two attached hydrogens (primary N) is 1. The van der Waals surface area contributed by atoms with Crippen molar-refractivity contribution in [3.63, 3.8) is 0 Å². The number of aromatic nitrogens is 1. The Morgan fingerprint density at radius 3 is 2.95 bits per heavy atom. The first-order valence-corrected chi connectivity index (χ1v) is 7.97. The van der Waals surface area contributed by atoms with Crippen LogP contribution in [0.2, 0.25) is 5.15 Å². The van der Waals surface area contributed by atoms with Gasteiger partial charge in [-0.15, -0.1) is 0 Å². The van der Waals surface area contributed by atoms with E-state index in [1.807, 2.05) is 0 Å². The average molecular weight is 304 g/mol. The highest BCUT2D eigenvalue weighted by Crippen LogP contribution is 2.18. The highest BCUT2D eigenvalue weighted by atomic mass is 35.5. The maximum Gasteiger partial charge on any atom is 0.253 e. The molecule has 0 saturated carbocycles. The number of halogens is 1. The van der Waals surface area contributed by atoms with Gasteiger partial charge < -0.3 is 11.1 Å². The Morgan fingerprint density at radius 2 is 2.32 bits per heavy atom. The van der Waals surface area contributed by atoms with Crippen molar-refractivity contribution in [3.8, 4) is 0 Å². The smallest absolute Gasteiger partial charge is 0.253 e. The molecule has 1 aliphatic heterocycles. The highest BCUT2D eigenvalue weighted by molar-refractivity contribution is 7.91. The quantitative estimate of drug-likeness (QED) is 0.791. The molecule has 8 heteroatoms. The normalized spacial score (nSPS) is 21.2. The number of hydrogen-bond acceptors (Lipinski definition) is 5. The lowest BCUT2D eigenvalue weighted by Crippen LogP contribution is -2.30. The molecule has 19 heavy (non-hydrogen) atoms. The Kier molecular flexibility index (Phi) is 3.96. The molecule has 0 radical (unpaired) electrons. The Bertz CT molecular complexity index is 603. The Hall–Kier alpha value is -1.34. The number of carbonyl (C=O) groups is 1. The second-order valence-corrected chi connectivity index (χ2v) is 7.19. The lowest BCUT2D eigenvalue weighted by Gasteiger charge is -2.10. The van der Waals surface area contributed by atoms with Crippen LogP contribution in [0.15, 0.2) is 12.3 Å². The maximum absolute atomic E-state index is 11.9. The van der Waals surface area contributed by atoms with Crippen LogP contribution in [-0.2, 0) is 9.84 Å². The molecule has 104 valence electrons. The van der Waals surface area contributed by atoms with Gasteiger partial charge in [0.2, 0.25) is 0 Å². The van der Waals surface area contributed by atoms with Crippen molar-refractivity contribution in [2.45, 2.75) is 6.42 Å². The number of nitrogens with zero attached hydrogens (tertiary/aromatic N) is 1. The van der Waals surface area contributed by atoms with Crippen molar-refractivity contribution in [1.29, 1.82) is 0 Å². The number of nitrogens with one attached hydrogen (secondary N) is 1. The summed E-state index contributed by atoms with van der Waals surface area (Å²) in [7, 11) is -2.93. The van der Waals surface area contributed by atoms with E-state index >= 15 is 0 Å². The fourth-order valence-corrected chi connectivity index (χ4v) is 4.02. The van der Waals surface area contributed by atoms with E-state index in [4.69, 9.17) is 17.3 Å². The van der Waals surface area contributed by atoms with Crippen molar-refractivity contribution >= 4 is 33.0 Å². The van der Waals surface area contributed by atoms with Crippen molar-refractivity contribution < 1.29 is 13.2 Å². The molecule has 1 aromatic heterocycles. The minimum atomic E-state index is -2.93. The lowest BCUT2D eigenvalue weighted by molar-refractivity contribution is 0.0949. The molecule has 2 rings (SSSR count). The summed E-state index contributed by atoms with van der Waals surface area (Å²) in [5.41, 5.74) is 6.13. The van der Waals surface area contributed by atoms with Gasteiger partial charge in [0.1, 0.15) is 5.15 Å². The molecule has 1 saturated heterocycles. The van der Waals surface area contributed by atoms with Crippen molar-refractivity contribution in [2.24, 2.45) is 5.92 Å². The fraction of sp³-hybridized carbons (Fsp3) is 0.455. The zero-order valence-corrected chi connectivity index (χ0v) is 11.7. The maximum atomic E-state index is 11.9. The zero-order chi connectivity index (χ0) is 14.0. The number of pyridine rings is 1. The SMILES string of the molecule is Nc1cnc(Cl)cc1C(=O)NCC1CCS(=O)(=O)C1. The van der Waals surface area contributed by atoms with Crippen LogP contribution in [-0.4, -0.2) is 37.4 Å². The molecule has 6 nitrogen and oxygen atoms in total. The monoisotopic (exact) mass is 303 g/mol. The average Bonchev–Trinajstić information content (AvgIpc) is 2.69. The molecule has 0 aliphatic carbocycles. The largest absolute Gasteiger partial charge is 0.397 e. The molecule has 1 aliphatic rings. The van der Waals surface area contributed by atoms with E-state index in [0.29, 0.717) is 13.0 Å². The summed E-state index contributed by atoms with van der Waals surface area (Å²) >= 11 is 5.70.